The molecular formula is C8H17NO3S. The number of hydrogen-bond donors (Lipinski definition) is 1. The van der Waals surface area contributed by atoms with E-state index in [-0.39, 0.29) is 18.7 Å². The van der Waals surface area contributed by atoms with Crippen LogP contribution >= 0.6 is 0 Å². The Balaban J connectivity index is 2.86. The molecule has 2 unspecified atom stereocenters. The van der Waals surface area contributed by atoms with Crippen LogP contribution in [0, 0.1) is 0 Å². The van der Waals surface area contributed by atoms with E-state index in [2.05, 4.69) is 0 Å². The van der Waals surface area contributed by atoms with Gasteiger partial charge in [0.1, 0.15) is 0 Å². The lowest BCUT2D eigenvalue weighted by Gasteiger charge is -2.37. The molecule has 13 heavy (non-hydrogen) atoms. The number of nitrogens with zero attached hydrogens (tertiary/aromatic N) is 1. The van der Waals surface area contributed by atoms with Crippen LogP contribution in [0.3, 0.4) is 0 Å². The maximum absolute atomic E-state index is 11.4. The molecule has 1 heterocycles. The summed E-state index contributed by atoms with van der Waals surface area (Å²) in [6.45, 7) is 1.82. The summed E-state index contributed by atoms with van der Waals surface area (Å²) >= 11 is 0. The van der Waals surface area contributed by atoms with Crippen molar-refractivity contribution in [2.24, 2.45) is 0 Å². The van der Waals surface area contributed by atoms with E-state index in [0.717, 1.165) is 19.3 Å². The molecule has 1 fully saturated rings. The Morgan fingerprint density at radius 3 is 2.46 bits per heavy atom. The summed E-state index contributed by atoms with van der Waals surface area (Å²) in [6, 6.07) is -0.181. The highest BCUT2D eigenvalue weighted by atomic mass is 32.2. The molecule has 1 aliphatic rings. The summed E-state index contributed by atoms with van der Waals surface area (Å²) in [4.78, 5) is 0. The summed E-state index contributed by atoms with van der Waals surface area (Å²) in [5, 5.41) is 9.04. The van der Waals surface area contributed by atoms with Gasteiger partial charge in [-0.2, -0.15) is 4.31 Å². The molecule has 1 N–H and O–H groups in total. The first kappa shape index (κ1) is 10.9. The third kappa shape index (κ3) is 2.42. The molecule has 0 aromatic heterocycles. The second kappa shape index (κ2) is 3.94. The third-order valence-electron chi connectivity index (χ3n) is 2.55. The van der Waals surface area contributed by atoms with E-state index >= 15 is 0 Å². The van der Waals surface area contributed by atoms with Crippen molar-refractivity contribution in [1.29, 1.82) is 0 Å². The van der Waals surface area contributed by atoms with E-state index in [1.807, 2.05) is 6.92 Å². The molecule has 5 heteroatoms. The summed E-state index contributed by atoms with van der Waals surface area (Å²) < 4.78 is 24.2. The van der Waals surface area contributed by atoms with E-state index in [1.165, 1.54) is 10.6 Å². The average molecular weight is 207 g/mol. The fraction of sp³-hybridized carbons (Fsp3) is 1.00. The zero-order valence-corrected chi connectivity index (χ0v) is 8.92. The largest absolute Gasteiger partial charge is 0.395 e. The molecule has 0 bridgehead atoms. The van der Waals surface area contributed by atoms with Crippen molar-refractivity contribution in [3.05, 3.63) is 0 Å². The van der Waals surface area contributed by atoms with Crippen LogP contribution in [-0.2, 0) is 10.0 Å². The highest BCUT2D eigenvalue weighted by Crippen LogP contribution is 2.24. The maximum atomic E-state index is 11.4. The highest BCUT2D eigenvalue weighted by molar-refractivity contribution is 7.88. The SMILES string of the molecule is CC1CCCC(CO)N1S(C)(=O)=O. The van der Waals surface area contributed by atoms with E-state index in [1.54, 1.807) is 0 Å². The zero-order chi connectivity index (χ0) is 10.1. The predicted molar refractivity (Wildman–Crippen MR) is 50.9 cm³/mol. The minimum Gasteiger partial charge on any atom is -0.395 e. The quantitative estimate of drug-likeness (QED) is 0.703. The Bertz CT molecular complexity index is 263. The van der Waals surface area contributed by atoms with Crippen molar-refractivity contribution < 1.29 is 13.5 Å². The van der Waals surface area contributed by atoms with Crippen molar-refractivity contribution in [2.75, 3.05) is 12.9 Å². The van der Waals surface area contributed by atoms with Crippen LogP contribution in [-0.4, -0.2) is 42.8 Å². The summed E-state index contributed by atoms with van der Waals surface area (Å²) in [5.74, 6) is 0. The lowest BCUT2D eigenvalue weighted by Crippen LogP contribution is -2.49. The van der Waals surface area contributed by atoms with E-state index < -0.39 is 10.0 Å². The van der Waals surface area contributed by atoms with Gasteiger partial charge in [0.05, 0.1) is 12.9 Å². The van der Waals surface area contributed by atoms with E-state index in [0.29, 0.717) is 0 Å². The van der Waals surface area contributed by atoms with Crippen LogP contribution in [0.15, 0.2) is 0 Å². The Kier molecular flexibility index (Phi) is 3.32. The molecule has 0 saturated carbocycles. The van der Waals surface area contributed by atoms with Gasteiger partial charge >= 0.3 is 0 Å². The number of rotatable bonds is 2. The minimum absolute atomic E-state index is 0.0286. The molecule has 0 aromatic carbocycles. The monoisotopic (exact) mass is 207 g/mol. The standard InChI is InChI=1S/C8H17NO3S/c1-7-4-3-5-8(6-10)9(7)13(2,11)12/h7-8,10H,3-6H2,1-2H3. The summed E-state index contributed by atoms with van der Waals surface area (Å²) in [6.07, 6.45) is 3.87. The van der Waals surface area contributed by atoms with Gasteiger partial charge in [-0.15, -0.1) is 0 Å². The van der Waals surface area contributed by atoms with Crippen LogP contribution < -0.4 is 0 Å². The van der Waals surface area contributed by atoms with Crippen LogP contribution in [0.25, 0.3) is 0 Å². The van der Waals surface area contributed by atoms with Crippen LogP contribution in [0.4, 0.5) is 0 Å². The first-order chi connectivity index (χ1) is 5.96. The van der Waals surface area contributed by atoms with Gasteiger partial charge in [0.15, 0.2) is 0 Å². The molecule has 78 valence electrons. The molecule has 0 spiro atoms. The van der Waals surface area contributed by atoms with Crippen LogP contribution in [0.2, 0.25) is 0 Å². The van der Waals surface area contributed by atoms with Gasteiger partial charge in [-0.1, -0.05) is 6.42 Å². The Hall–Kier alpha value is -0.130. The second-order valence-corrected chi connectivity index (χ2v) is 5.60. The van der Waals surface area contributed by atoms with Crippen molar-refractivity contribution in [2.45, 2.75) is 38.3 Å². The third-order valence-corrected chi connectivity index (χ3v) is 3.97. The predicted octanol–water partition coefficient (Wildman–Crippen LogP) is 0.181. The minimum atomic E-state index is -3.16. The van der Waals surface area contributed by atoms with E-state index in [4.69, 9.17) is 5.11 Å². The highest BCUT2D eigenvalue weighted by Gasteiger charge is 2.33. The molecule has 2 atom stereocenters. The molecule has 0 amide bonds. The van der Waals surface area contributed by atoms with Gasteiger partial charge in [-0.05, 0) is 19.8 Å². The number of aliphatic hydroxyl groups excluding tert-OH is 1. The van der Waals surface area contributed by atoms with Gasteiger partial charge in [0.2, 0.25) is 10.0 Å². The number of hydrogen-bond acceptors (Lipinski definition) is 3. The van der Waals surface area contributed by atoms with Crippen LogP contribution in [0.1, 0.15) is 26.2 Å². The maximum Gasteiger partial charge on any atom is 0.211 e. The van der Waals surface area contributed by atoms with Gasteiger partial charge in [0, 0.05) is 12.1 Å². The lowest BCUT2D eigenvalue weighted by atomic mass is 10.0. The molecule has 1 rings (SSSR count). The smallest absolute Gasteiger partial charge is 0.211 e. The molecule has 1 aliphatic heterocycles. The topological polar surface area (TPSA) is 57.6 Å². The fourth-order valence-electron chi connectivity index (χ4n) is 2.03. The Morgan fingerprint density at radius 1 is 1.46 bits per heavy atom. The summed E-state index contributed by atoms with van der Waals surface area (Å²) in [7, 11) is -3.16. The van der Waals surface area contributed by atoms with Gasteiger partial charge < -0.3 is 5.11 Å². The Morgan fingerprint density at radius 2 is 2.08 bits per heavy atom. The zero-order valence-electron chi connectivity index (χ0n) is 8.10. The molecule has 0 radical (unpaired) electrons. The van der Waals surface area contributed by atoms with Crippen molar-refractivity contribution in [1.82, 2.24) is 4.31 Å². The lowest BCUT2D eigenvalue weighted by molar-refractivity contribution is 0.123. The summed E-state index contributed by atoms with van der Waals surface area (Å²) in [5.41, 5.74) is 0. The number of sulfonamides is 1. The molecule has 0 aliphatic carbocycles. The second-order valence-electron chi connectivity index (χ2n) is 3.71. The van der Waals surface area contributed by atoms with E-state index in [9.17, 15) is 8.42 Å². The van der Waals surface area contributed by atoms with Gasteiger partial charge in [0.25, 0.3) is 0 Å². The fourth-order valence-corrected chi connectivity index (χ4v) is 3.51. The van der Waals surface area contributed by atoms with Gasteiger partial charge in [-0.3, -0.25) is 0 Å². The van der Waals surface area contributed by atoms with Crippen molar-refractivity contribution >= 4 is 10.0 Å². The Labute approximate surface area is 79.6 Å². The first-order valence-corrected chi connectivity index (χ1v) is 6.41. The molecule has 0 aromatic rings. The van der Waals surface area contributed by atoms with Crippen LogP contribution in [0.5, 0.6) is 0 Å². The van der Waals surface area contributed by atoms with Crippen molar-refractivity contribution in [3.63, 3.8) is 0 Å². The molecular weight excluding hydrogens is 190 g/mol. The van der Waals surface area contributed by atoms with Gasteiger partial charge in [-0.25, -0.2) is 8.42 Å². The first-order valence-electron chi connectivity index (χ1n) is 4.56. The molecule has 1 saturated heterocycles. The number of piperidine rings is 1. The number of aliphatic hydroxyl groups is 1. The van der Waals surface area contributed by atoms with Crippen molar-refractivity contribution in [3.8, 4) is 0 Å². The normalized spacial score (nSPS) is 31.9. The molecule has 4 nitrogen and oxygen atoms in total. The average Bonchev–Trinajstić information content (AvgIpc) is 2.01.